The average Bonchev–Trinajstić information content (AvgIpc) is 2.90. The average molecular weight is 293 g/mol. The van der Waals surface area contributed by atoms with Crippen molar-refractivity contribution in [3.63, 3.8) is 0 Å². The van der Waals surface area contributed by atoms with Gasteiger partial charge in [-0.2, -0.15) is 0 Å². The third-order valence-corrected chi connectivity index (χ3v) is 3.71. The third kappa shape index (κ3) is 4.32. The van der Waals surface area contributed by atoms with Crippen molar-refractivity contribution in [1.82, 2.24) is 5.32 Å². The second kappa shape index (κ2) is 7.41. The molecule has 0 aliphatic rings. The Balaban J connectivity index is 2.01. The SMILES string of the molecule is CC(C)CNCc1cccc(F)c1OCc1cccs1. The summed E-state index contributed by atoms with van der Waals surface area (Å²) >= 11 is 1.61. The maximum atomic E-state index is 13.9. The predicted molar refractivity (Wildman–Crippen MR) is 81.6 cm³/mol. The summed E-state index contributed by atoms with van der Waals surface area (Å²) in [5.41, 5.74) is 0.863. The molecule has 0 bridgehead atoms. The molecule has 4 heteroatoms. The fraction of sp³-hybridized carbons (Fsp3) is 0.375. The molecule has 0 radical (unpaired) electrons. The van der Waals surface area contributed by atoms with Gasteiger partial charge in [0.1, 0.15) is 6.61 Å². The molecule has 0 saturated heterocycles. The van der Waals surface area contributed by atoms with E-state index in [1.807, 2.05) is 23.6 Å². The number of hydrogen-bond donors (Lipinski definition) is 1. The Morgan fingerprint density at radius 2 is 2.10 bits per heavy atom. The quantitative estimate of drug-likeness (QED) is 0.825. The summed E-state index contributed by atoms with van der Waals surface area (Å²) in [6, 6.07) is 9.02. The summed E-state index contributed by atoms with van der Waals surface area (Å²) in [5.74, 6) is 0.626. The normalized spacial score (nSPS) is 11.0. The second-order valence-corrected chi connectivity index (χ2v) is 6.15. The summed E-state index contributed by atoms with van der Waals surface area (Å²) in [4.78, 5) is 1.09. The van der Waals surface area contributed by atoms with Crippen LogP contribution in [0.4, 0.5) is 4.39 Å². The standard InChI is InChI=1S/C16H20FNOS/c1-12(2)9-18-10-13-5-3-7-15(17)16(13)19-11-14-6-4-8-20-14/h3-8,12,18H,9-11H2,1-2H3. The molecule has 0 spiro atoms. The van der Waals surface area contributed by atoms with Crippen LogP contribution in [-0.2, 0) is 13.2 Å². The van der Waals surface area contributed by atoms with Crippen molar-refractivity contribution in [2.75, 3.05) is 6.54 Å². The number of thiophene rings is 1. The molecule has 2 aromatic rings. The summed E-state index contributed by atoms with van der Waals surface area (Å²) in [6.45, 7) is 6.23. The number of ether oxygens (including phenoxy) is 1. The van der Waals surface area contributed by atoms with Crippen molar-refractivity contribution in [1.29, 1.82) is 0 Å². The van der Waals surface area contributed by atoms with Gasteiger partial charge >= 0.3 is 0 Å². The van der Waals surface area contributed by atoms with Crippen LogP contribution in [0.5, 0.6) is 5.75 Å². The number of rotatable bonds is 7. The first-order valence-corrected chi connectivity index (χ1v) is 7.68. The van der Waals surface area contributed by atoms with Gasteiger partial charge in [0, 0.05) is 17.0 Å². The number of benzene rings is 1. The monoisotopic (exact) mass is 293 g/mol. The topological polar surface area (TPSA) is 21.3 Å². The van der Waals surface area contributed by atoms with E-state index in [0.717, 1.165) is 17.0 Å². The molecule has 1 aromatic heterocycles. The maximum Gasteiger partial charge on any atom is 0.165 e. The fourth-order valence-corrected chi connectivity index (χ4v) is 2.50. The molecule has 108 valence electrons. The van der Waals surface area contributed by atoms with Gasteiger partial charge in [0.25, 0.3) is 0 Å². The molecule has 2 rings (SSSR count). The first kappa shape index (κ1) is 15.0. The minimum atomic E-state index is -0.301. The molecule has 2 nitrogen and oxygen atoms in total. The molecule has 20 heavy (non-hydrogen) atoms. The zero-order valence-electron chi connectivity index (χ0n) is 11.9. The Morgan fingerprint density at radius 1 is 1.25 bits per heavy atom. The van der Waals surface area contributed by atoms with Crippen molar-refractivity contribution in [3.05, 3.63) is 52.0 Å². The molecule has 1 heterocycles. The number of hydrogen-bond acceptors (Lipinski definition) is 3. The van der Waals surface area contributed by atoms with Gasteiger partial charge in [-0.3, -0.25) is 0 Å². The zero-order valence-corrected chi connectivity index (χ0v) is 12.7. The number of nitrogens with one attached hydrogen (secondary N) is 1. The molecule has 0 amide bonds. The van der Waals surface area contributed by atoms with Crippen molar-refractivity contribution in [2.45, 2.75) is 27.0 Å². The van der Waals surface area contributed by atoms with Gasteiger partial charge in [-0.1, -0.05) is 32.0 Å². The highest BCUT2D eigenvalue weighted by Crippen LogP contribution is 2.24. The number of halogens is 1. The van der Waals surface area contributed by atoms with Gasteiger partial charge in [0.15, 0.2) is 11.6 Å². The molecule has 0 aliphatic heterocycles. The van der Waals surface area contributed by atoms with Gasteiger partial charge in [-0.15, -0.1) is 11.3 Å². The Hall–Kier alpha value is -1.39. The van der Waals surface area contributed by atoms with Crippen LogP contribution in [-0.4, -0.2) is 6.54 Å². The first-order valence-electron chi connectivity index (χ1n) is 6.80. The molecule has 0 aliphatic carbocycles. The molecule has 0 atom stereocenters. The number of para-hydroxylation sites is 1. The van der Waals surface area contributed by atoms with Crippen LogP contribution in [0.1, 0.15) is 24.3 Å². The van der Waals surface area contributed by atoms with Crippen molar-refractivity contribution in [2.24, 2.45) is 5.92 Å². The van der Waals surface area contributed by atoms with Gasteiger partial charge in [-0.05, 0) is 30.0 Å². The fourth-order valence-electron chi connectivity index (χ4n) is 1.89. The van der Waals surface area contributed by atoms with E-state index in [9.17, 15) is 4.39 Å². The maximum absolute atomic E-state index is 13.9. The molecule has 1 N–H and O–H groups in total. The Morgan fingerprint density at radius 3 is 2.80 bits per heavy atom. The summed E-state index contributed by atoms with van der Waals surface area (Å²) in [7, 11) is 0. The van der Waals surface area contributed by atoms with E-state index in [4.69, 9.17) is 4.74 Å². The van der Waals surface area contributed by atoms with Crippen LogP contribution >= 0.6 is 11.3 Å². The Kier molecular flexibility index (Phi) is 5.56. The van der Waals surface area contributed by atoms with Crippen molar-refractivity contribution >= 4 is 11.3 Å². The highest BCUT2D eigenvalue weighted by atomic mass is 32.1. The highest BCUT2D eigenvalue weighted by molar-refractivity contribution is 7.09. The van der Waals surface area contributed by atoms with Crippen LogP contribution < -0.4 is 10.1 Å². The lowest BCUT2D eigenvalue weighted by Crippen LogP contribution is -2.19. The van der Waals surface area contributed by atoms with E-state index in [-0.39, 0.29) is 5.82 Å². The van der Waals surface area contributed by atoms with Crippen LogP contribution in [0.15, 0.2) is 35.7 Å². The van der Waals surface area contributed by atoms with E-state index in [1.54, 1.807) is 17.4 Å². The van der Waals surface area contributed by atoms with Crippen LogP contribution in [0.2, 0.25) is 0 Å². The second-order valence-electron chi connectivity index (χ2n) is 5.12. The lowest BCUT2D eigenvalue weighted by Gasteiger charge is -2.13. The van der Waals surface area contributed by atoms with Gasteiger partial charge in [0.05, 0.1) is 0 Å². The van der Waals surface area contributed by atoms with E-state index in [2.05, 4.69) is 19.2 Å². The molecule has 1 aromatic carbocycles. The Bertz CT molecular complexity index is 525. The van der Waals surface area contributed by atoms with Crippen molar-refractivity contribution < 1.29 is 9.13 Å². The molecule has 0 unspecified atom stereocenters. The lowest BCUT2D eigenvalue weighted by atomic mass is 10.1. The molecular weight excluding hydrogens is 273 g/mol. The minimum absolute atomic E-state index is 0.301. The third-order valence-electron chi connectivity index (χ3n) is 2.86. The largest absolute Gasteiger partial charge is 0.485 e. The summed E-state index contributed by atoms with van der Waals surface area (Å²) in [5, 5.41) is 5.31. The zero-order chi connectivity index (χ0) is 14.4. The van der Waals surface area contributed by atoms with Gasteiger partial charge in [0.2, 0.25) is 0 Å². The summed E-state index contributed by atoms with van der Waals surface area (Å²) in [6.07, 6.45) is 0. The van der Waals surface area contributed by atoms with Crippen LogP contribution in [0.25, 0.3) is 0 Å². The predicted octanol–water partition coefficient (Wildman–Crippen LogP) is 4.21. The first-order chi connectivity index (χ1) is 9.66. The van der Waals surface area contributed by atoms with E-state index in [1.165, 1.54) is 6.07 Å². The van der Waals surface area contributed by atoms with E-state index in [0.29, 0.717) is 24.8 Å². The van der Waals surface area contributed by atoms with Crippen LogP contribution in [0, 0.1) is 11.7 Å². The molecular formula is C16H20FNOS. The summed E-state index contributed by atoms with van der Waals surface area (Å²) < 4.78 is 19.6. The lowest BCUT2D eigenvalue weighted by molar-refractivity contribution is 0.289. The smallest absolute Gasteiger partial charge is 0.165 e. The van der Waals surface area contributed by atoms with Crippen molar-refractivity contribution in [3.8, 4) is 5.75 Å². The van der Waals surface area contributed by atoms with Gasteiger partial charge in [-0.25, -0.2) is 4.39 Å². The van der Waals surface area contributed by atoms with E-state index < -0.39 is 0 Å². The Labute approximate surface area is 123 Å². The van der Waals surface area contributed by atoms with E-state index >= 15 is 0 Å². The van der Waals surface area contributed by atoms with Gasteiger partial charge < -0.3 is 10.1 Å². The highest BCUT2D eigenvalue weighted by Gasteiger charge is 2.10. The minimum Gasteiger partial charge on any atom is -0.485 e. The van der Waals surface area contributed by atoms with Crippen LogP contribution in [0.3, 0.4) is 0 Å². The molecule has 0 saturated carbocycles. The molecule has 0 fully saturated rings.